The van der Waals surface area contributed by atoms with Crippen molar-refractivity contribution in [3.05, 3.63) is 0 Å². The topological polar surface area (TPSA) is 24.5 Å². The number of morpholine rings is 1. The molecule has 0 aromatic rings. The predicted octanol–water partition coefficient (Wildman–Crippen LogP) is 1.44. The summed E-state index contributed by atoms with van der Waals surface area (Å²) in [7, 11) is 0. The Bertz CT molecular complexity index is 180. The molecule has 0 radical (unpaired) electrons. The first-order chi connectivity index (χ1) is 7.80. The van der Waals surface area contributed by atoms with Crippen molar-refractivity contribution in [2.75, 3.05) is 44.8 Å². The zero-order valence-corrected chi connectivity index (χ0v) is 11.7. The summed E-state index contributed by atoms with van der Waals surface area (Å²) in [5.74, 6) is 1.20. The number of hydrogen-bond donors (Lipinski definition) is 1. The molecule has 0 amide bonds. The first kappa shape index (κ1) is 14.3. The summed E-state index contributed by atoms with van der Waals surface area (Å²) >= 11 is 1.91. The Morgan fingerprint density at radius 1 is 1.50 bits per heavy atom. The fourth-order valence-corrected chi connectivity index (χ4v) is 2.77. The van der Waals surface area contributed by atoms with Gasteiger partial charge >= 0.3 is 0 Å². The molecule has 1 rings (SSSR count). The fraction of sp³-hybridized carbons (Fsp3) is 1.00. The van der Waals surface area contributed by atoms with Crippen LogP contribution in [0, 0.1) is 0 Å². The third-order valence-electron chi connectivity index (χ3n) is 3.16. The van der Waals surface area contributed by atoms with Gasteiger partial charge in [-0.05, 0) is 19.2 Å². The zero-order chi connectivity index (χ0) is 11.8. The number of nitrogens with one attached hydrogen (secondary N) is 1. The van der Waals surface area contributed by atoms with Gasteiger partial charge in [0.2, 0.25) is 0 Å². The maximum absolute atomic E-state index is 5.77. The van der Waals surface area contributed by atoms with E-state index in [1.54, 1.807) is 0 Å². The molecule has 1 heterocycles. The van der Waals surface area contributed by atoms with Gasteiger partial charge < -0.3 is 10.1 Å². The Morgan fingerprint density at radius 2 is 2.31 bits per heavy atom. The highest BCUT2D eigenvalue weighted by Gasteiger charge is 2.19. The molecule has 3 nitrogen and oxygen atoms in total. The summed E-state index contributed by atoms with van der Waals surface area (Å²) in [6.45, 7) is 9.66. The molecule has 1 N–H and O–H groups in total. The van der Waals surface area contributed by atoms with E-state index in [1.165, 1.54) is 12.2 Å². The molecule has 1 aliphatic rings. The summed E-state index contributed by atoms with van der Waals surface area (Å²) in [5, 5.41) is 3.61. The second kappa shape index (κ2) is 8.34. The Hall–Kier alpha value is 0.230. The molecule has 1 fully saturated rings. The van der Waals surface area contributed by atoms with Crippen molar-refractivity contribution >= 4 is 11.8 Å². The molecule has 0 aromatic carbocycles. The van der Waals surface area contributed by atoms with Gasteiger partial charge in [0.05, 0.1) is 12.7 Å². The molecule has 4 heteroatoms. The van der Waals surface area contributed by atoms with Crippen molar-refractivity contribution < 1.29 is 4.74 Å². The third-order valence-corrected chi connectivity index (χ3v) is 3.90. The maximum Gasteiger partial charge on any atom is 0.0826 e. The molecule has 0 spiro atoms. The minimum atomic E-state index is 0.379. The van der Waals surface area contributed by atoms with Crippen LogP contribution in [0.1, 0.15) is 20.3 Å². The molecule has 2 atom stereocenters. The van der Waals surface area contributed by atoms with Crippen LogP contribution in [0.2, 0.25) is 0 Å². The molecular weight excluding hydrogens is 220 g/mol. The van der Waals surface area contributed by atoms with E-state index in [0.29, 0.717) is 12.1 Å². The molecule has 96 valence electrons. The average Bonchev–Trinajstić information content (AvgIpc) is 2.34. The van der Waals surface area contributed by atoms with Gasteiger partial charge in [-0.2, -0.15) is 11.8 Å². The Labute approximate surface area is 104 Å². The van der Waals surface area contributed by atoms with Crippen LogP contribution in [0.5, 0.6) is 0 Å². The lowest BCUT2D eigenvalue weighted by atomic mass is 10.2. The van der Waals surface area contributed by atoms with Crippen molar-refractivity contribution in [2.45, 2.75) is 32.4 Å². The summed E-state index contributed by atoms with van der Waals surface area (Å²) < 4.78 is 5.77. The van der Waals surface area contributed by atoms with Crippen LogP contribution in [0.4, 0.5) is 0 Å². The van der Waals surface area contributed by atoms with Crippen LogP contribution < -0.4 is 5.32 Å². The fourth-order valence-electron chi connectivity index (χ4n) is 2.01. The SMILES string of the molecule is CCC(CSC)NCC1CN(CC)CCO1. The predicted molar refractivity (Wildman–Crippen MR) is 72.3 cm³/mol. The lowest BCUT2D eigenvalue weighted by Crippen LogP contribution is -2.48. The first-order valence-corrected chi connectivity index (χ1v) is 7.75. The van der Waals surface area contributed by atoms with Crippen LogP contribution in [0.3, 0.4) is 0 Å². The summed E-state index contributed by atoms with van der Waals surface area (Å²) in [5.41, 5.74) is 0. The van der Waals surface area contributed by atoms with E-state index < -0.39 is 0 Å². The van der Waals surface area contributed by atoms with E-state index in [4.69, 9.17) is 4.74 Å². The average molecular weight is 246 g/mol. The van der Waals surface area contributed by atoms with Gasteiger partial charge in [0.25, 0.3) is 0 Å². The van der Waals surface area contributed by atoms with Crippen LogP contribution >= 0.6 is 11.8 Å². The van der Waals surface area contributed by atoms with E-state index in [2.05, 4.69) is 30.3 Å². The van der Waals surface area contributed by atoms with Gasteiger partial charge in [0.15, 0.2) is 0 Å². The monoisotopic (exact) mass is 246 g/mol. The number of likely N-dealkylation sites (N-methyl/N-ethyl adjacent to an activating group) is 1. The van der Waals surface area contributed by atoms with Gasteiger partial charge in [0, 0.05) is 31.4 Å². The molecule has 0 saturated carbocycles. The second-order valence-electron chi connectivity index (χ2n) is 4.35. The molecule has 0 aromatic heterocycles. The summed E-state index contributed by atoms with van der Waals surface area (Å²) in [6.07, 6.45) is 3.75. The zero-order valence-electron chi connectivity index (χ0n) is 10.9. The minimum Gasteiger partial charge on any atom is -0.374 e. The van der Waals surface area contributed by atoms with Crippen molar-refractivity contribution in [1.29, 1.82) is 0 Å². The normalized spacial score (nSPS) is 24.6. The van der Waals surface area contributed by atoms with E-state index >= 15 is 0 Å². The van der Waals surface area contributed by atoms with Crippen molar-refractivity contribution in [1.82, 2.24) is 10.2 Å². The largest absolute Gasteiger partial charge is 0.374 e. The highest BCUT2D eigenvalue weighted by molar-refractivity contribution is 7.98. The Kier molecular flexibility index (Phi) is 7.45. The highest BCUT2D eigenvalue weighted by atomic mass is 32.2. The van der Waals surface area contributed by atoms with E-state index in [1.807, 2.05) is 11.8 Å². The number of ether oxygens (including phenoxy) is 1. The lowest BCUT2D eigenvalue weighted by Gasteiger charge is -2.33. The highest BCUT2D eigenvalue weighted by Crippen LogP contribution is 2.06. The van der Waals surface area contributed by atoms with Crippen molar-refractivity contribution in [3.8, 4) is 0 Å². The molecule has 0 bridgehead atoms. The lowest BCUT2D eigenvalue weighted by molar-refractivity contribution is -0.0261. The van der Waals surface area contributed by atoms with Crippen molar-refractivity contribution in [3.63, 3.8) is 0 Å². The minimum absolute atomic E-state index is 0.379. The van der Waals surface area contributed by atoms with Gasteiger partial charge in [-0.25, -0.2) is 0 Å². The number of nitrogens with zero attached hydrogens (tertiary/aromatic N) is 1. The van der Waals surface area contributed by atoms with Crippen LogP contribution in [-0.2, 0) is 4.74 Å². The molecule has 0 aliphatic carbocycles. The van der Waals surface area contributed by atoms with Gasteiger partial charge in [-0.1, -0.05) is 13.8 Å². The van der Waals surface area contributed by atoms with Crippen LogP contribution in [0.25, 0.3) is 0 Å². The second-order valence-corrected chi connectivity index (χ2v) is 5.27. The third kappa shape index (κ3) is 5.04. The first-order valence-electron chi connectivity index (χ1n) is 6.36. The molecule has 2 unspecified atom stereocenters. The van der Waals surface area contributed by atoms with Crippen LogP contribution in [-0.4, -0.2) is 61.8 Å². The Morgan fingerprint density at radius 3 is 2.94 bits per heavy atom. The molecular formula is C12H26N2OS. The van der Waals surface area contributed by atoms with E-state index in [-0.39, 0.29) is 0 Å². The van der Waals surface area contributed by atoms with E-state index in [9.17, 15) is 0 Å². The Balaban J connectivity index is 2.20. The standard InChI is InChI=1S/C12H26N2OS/c1-4-11(10-16-3)13-8-12-9-14(5-2)6-7-15-12/h11-13H,4-10H2,1-3H3. The van der Waals surface area contributed by atoms with Gasteiger partial charge in [-0.15, -0.1) is 0 Å². The van der Waals surface area contributed by atoms with Crippen molar-refractivity contribution in [2.24, 2.45) is 0 Å². The quantitative estimate of drug-likeness (QED) is 0.735. The number of thioether (sulfide) groups is 1. The molecule has 1 aliphatic heterocycles. The van der Waals surface area contributed by atoms with Gasteiger partial charge in [0.1, 0.15) is 0 Å². The number of rotatable bonds is 7. The summed E-state index contributed by atoms with van der Waals surface area (Å²) in [6, 6.07) is 0.635. The molecule has 1 saturated heterocycles. The molecule has 16 heavy (non-hydrogen) atoms. The van der Waals surface area contributed by atoms with Crippen LogP contribution in [0.15, 0.2) is 0 Å². The smallest absolute Gasteiger partial charge is 0.0826 e. The van der Waals surface area contributed by atoms with E-state index in [0.717, 1.165) is 32.8 Å². The summed E-state index contributed by atoms with van der Waals surface area (Å²) in [4.78, 5) is 2.46. The van der Waals surface area contributed by atoms with Gasteiger partial charge in [-0.3, -0.25) is 4.90 Å². The maximum atomic E-state index is 5.77. The number of hydrogen-bond acceptors (Lipinski definition) is 4.